The third-order valence-electron chi connectivity index (χ3n) is 3.51. The molecule has 1 aliphatic rings. The van der Waals surface area contributed by atoms with Gasteiger partial charge in [-0.3, -0.25) is 0 Å². The van der Waals surface area contributed by atoms with Gasteiger partial charge in [-0.15, -0.1) is 0 Å². The van der Waals surface area contributed by atoms with Gasteiger partial charge in [0.15, 0.2) is 0 Å². The van der Waals surface area contributed by atoms with E-state index in [-0.39, 0.29) is 11.9 Å². The molecule has 1 N–H and O–H groups in total. The van der Waals surface area contributed by atoms with Crippen molar-refractivity contribution < 1.29 is 9.13 Å². The lowest BCUT2D eigenvalue weighted by atomic mass is 10.1. The predicted octanol–water partition coefficient (Wildman–Crippen LogP) is 4.70. The van der Waals surface area contributed by atoms with E-state index in [0.29, 0.717) is 12.1 Å². The zero-order chi connectivity index (χ0) is 14.1. The SMILES string of the molecule is CCc1ccc2c(c1)NCC(c1ccc(Br)cc1F)O2. The second-order valence-corrected chi connectivity index (χ2v) is 5.75. The quantitative estimate of drug-likeness (QED) is 0.859. The monoisotopic (exact) mass is 335 g/mol. The Kier molecular flexibility index (Phi) is 3.66. The standard InChI is InChI=1S/C16H15BrFNO/c1-2-10-3-6-15-14(7-10)19-9-16(20-15)12-5-4-11(17)8-13(12)18/h3-8,16,19H,2,9H2,1H3. The molecular formula is C16H15BrFNO. The summed E-state index contributed by atoms with van der Waals surface area (Å²) < 4.78 is 20.6. The molecule has 0 aromatic heterocycles. The summed E-state index contributed by atoms with van der Waals surface area (Å²) in [6.07, 6.45) is 0.683. The van der Waals surface area contributed by atoms with E-state index < -0.39 is 0 Å². The number of hydrogen-bond donors (Lipinski definition) is 1. The van der Waals surface area contributed by atoms with Crippen LogP contribution in [0.4, 0.5) is 10.1 Å². The van der Waals surface area contributed by atoms with Gasteiger partial charge >= 0.3 is 0 Å². The summed E-state index contributed by atoms with van der Waals surface area (Å²) in [5, 5.41) is 3.32. The minimum atomic E-state index is -0.303. The molecule has 0 aliphatic carbocycles. The van der Waals surface area contributed by atoms with E-state index in [4.69, 9.17) is 4.74 Å². The van der Waals surface area contributed by atoms with Gasteiger partial charge in [-0.25, -0.2) is 4.39 Å². The Morgan fingerprint density at radius 1 is 1.30 bits per heavy atom. The third-order valence-corrected chi connectivity index (χ3v) is 4.00. The first-order valence-corrected chi connectivity index (χ1v) is 7.45. The van der Waals surface area contributed by atoms with Crippen molar-refractivity contribution in [3.8, 4) is 5.75 Å². The first-order valence-electron chi connectivity index (χ1n) is 6.65. The summed E-state index contributed by atoms with van der Waals surface area (Å²) in [7, 11) is 0. The maximum absolute atomic E-state index is 14.0. The van der Waals surface area contributed by atoms with Crippen molar-refractivity contribution in [3.63, 3.8) is 0 Å². The van der Waals surface area contributed by atoms with Gasteiger partial charge in [0.05, 0.1) is 12.2 Å². The smallest absolute Gasteiger partial charge is 0.144 e. The lowest BCUT2D eigenvalue weighted by Gasteiger charge is -2.28. The maximum Gasteiger partial charge on any atom is 0.144 e. The highest BCUT2D eigenvalue weighted by molar-refractivity contribution is 9.10. The van der Waals surface area contributed by atoms with Crippen LogP contribution in [-0.4, -0.2) is 6.54 Å². The Hall–Kier alpha value is -1.55. The van der Waals surface area contributed by atoms with Crippen LogP contribution in [0.25, 0.3) is 0 Å². The molecule has 1 unspecified atom stereocenters. The fourth-order valence-corrected chi connectivity index (χ4v) is 2.70. The summed E-state index contributed by atoms with van der Waals surface area (Å²) in [4.78, 5) is 0. The summed E-state index contributed by atoms with van der Waals surface area (Å²) in [5.41, 5.74) is 2.82. The minimum absolute atomic E-state index is 0.250. The van der Waals surface area contributed by atoms with Crippen LogP contribution in [0.5, 0.6) is 5.75 Å². The molecule has 0 fully saturated rings. The molecule has 0 saturated carbocycles. The van der Waals surface area contributed by atoms with Crippen molar-refractivity contribution in [1.82, 2.24) is 0 Å². The first kappa shape index (κ1) is 13.4. The Morgan fingerprint density at radius 2 is 2.15 bits per heavy atom. The molecule has 1 atom stereocenters. The van der Waals surface area contributed by atoms with Crippen molar-refractivity contribution in [2.75, 3.05) is 11.9 Å². The van der Waals surface area contributed by atoms with Gasteiger partial charge in [0, 0.05) is 10.0 Å². The number of aryl methyl sites for hydroxylation is 1. The van der Waals surface area contributed by atoms with Gasteiger partial charge in [-0.05, 0) is 36.2 Å². The molecule has 2 aromatic carbocycles. The molecule has 0 spiro atoms. The van der Waals surface area contributed by atoms with Crippen LogP contribution >= 0.6 is 15.9 Å². The van der Waals surface area contributed by atoms with Gasteiger partial charge in [0.25, 0.3) is 0 Å². The molecule has 3 rings (SSSR count). The average molecular weight is 336 g/mol. The second-order valence-electron chi connectivity index (χ2n) is 4.84. The molecule has 0 radical (unpaired) electrons. The van der Waals surface area contributed by atoms with Crippen molar-refractivity contribution in [1.29, 1.82) is 0 Å². The highest BCUT2D eigenvalue weighted by Gasteiger charge is 2.23. The van der Waals surface area contributed by atoms with E-state index in [0.717, 1.165) is 22.3 Å². The molecule has 104 valence electrons. The number of rotatable bonds is 2. The minimum Gasteiger partial charge on any atom is -0.482 e. The molecule has 20 heavy (non-hydrogen) atoms. The summed E-state index contributed by atoms with van der Waals surface area (Å²) >= 11 is 3.27. The van der Waals surface area contributed by atoms with Gasteiger partial charge in [-0.2, -0.15) is 0 Å². The van der Waals surface area contributed by atoms with Crippen LogP contribution in [0, 0.1) is 5.82 Å². The van der Waals surface area contributed by atoms with E-state index in [1.165, 1.54) is 11.6 Å². The third kappa shape index (κ3) is 2.52. The number of ether oxygens (including phenoxy) is 1. The van der Waals surface area contributed by atoms with Crippen LogP contribution in [0.15, 0.2) is 40.9 Å². The van der Waals surface area contributed by atoms with Crippen LogP contribution in [0.3, 0.4) is 0 Å². The van der Waals surface area contributed by atoms with E-state index in [1.54, 1.807) is 6.07 Å². The Labute approximate surface area is 126 Å². The molecule has 4 heteroatoms. The molecule has 2 aromatic rings. The highest BCUT2D eigenvalue weighted by Crippen LogP contribution is 2.36. The maximum atomic E-state index is 14.0. The van der Waals surface area contributed by atoms with E-state index in [2.05, 4.69) is 34.2 Å². The van der Waals surface area contributed by atoms with Crippen molar-refractivity contribution in [2.24, 2.45) is 0 Å². The lowest BCUT2D eigenvalue weighted by Crippen LogP contribution is -2.24. The number of nitrogens with one attached hydrogen (secondary N) is 1. The topological polar surface area (TPSA) is 21.3 Å². The summed E-state index contributed by atoms with van der Waals surface area (Å²) in [6.45, 7) is 2.68. The first-order chi connectivity index (χ1) is 9.67. The van der Waals surface area contributed by atoms with Crippen molar-refractivity contribution >= 4 is 21.6 Å². The molecule has 0 bridgehead atoms. The fraction of sp³-hybridized carbons (Fsp3) is 0.250. The molecular weight excluding hydrogens is 321 g/mol. The van der Waals surface area contributed by atoms with Crippen LogP contribution in [0.2, 0.25) is 0 Å². The van der Waals surface area contributed by atoms with E-state index in [1.807, 2.05) is 18.2 Å². The largest absolute Gasteiger partial charge is 0.482 e. The fourth-order valence-electron chi connectivity index (χ4n) is 2.37. The molecule has 1 heterocycles. The Bertz CT molecular complexity index is 644. The zero-order valence-corrected chi connectivity index (χ0v) is 12.7. The van der Waals surface area contributed by atoms with Gasteiger partial charge in [0.1, 0.15) is 17.7 Å². The van der Waals surface area contributed by atoms with E-state index in [9.17, 15) is 4.39 Å². The number of benzene rings is 2. The normalized spacial score (nSPS) is 17.1. The number of fused-ring (bicyclic) bond motifs is 1. The number of anilines is 1. The summed E-state index contributed by atoms with van der Waals surface area (Å²) in [5.74, 6) is 0.528. The van der Waals surface area contributed by atoms with Crippen LogP contribution in [-0.2, 0) is 6.42 Å². The molecule has 2 nitrogen and oxygen atoms in total. The Balaban J connectivity index is 1.88. The van der Waals surface area contributed by atoms with E-state index >= 15 is 0 Å². The lowest BCUT2D eigenvalue weighted by molar-refractivity contribution is 0.205. The van der Waals surface area contributed by atoms with Crippen molar-refractivity contribution in [3.05, 3.63) is 57.8 Å². The zero-order valence-electron chi connectivity index (χ0n) is 11.1. The van der Waals surface area contributed by atoms with Gasteiger partial charge in [0.2, 0.25) is 0 Å². The number of halogens is 2. The van der Waals surface area contributed by atoms with Crippen LogP contribution < -0.4 is 10.1 Å². The predicted molar refractivity (Wildman–Crippen MR) is 81.8 cm³/mol. The van der Waals surface area contributed by atoms with Gasteiger partial charge < -0.3 is 10.1 Å². The van der Waals surface area contributed by atoms with Crippen molar-refractivity contribution in [2.45, 2.75) is 19.4 Å². The van der Waals surface area contributed by atoms with Gasteiger partial charge in [-0.1, -0.05) is 35.0 Å². The highest BCUT2D eigenvalue weighted by atomic mass is 79.9. The average Bonchev–Trinajstić information content (AvgIpc) is 2.46. The second kappa shape index (κ2) is 5.44. The van der Waals surface area contributed by atoms with Crippen LogP contribution in [0.1, 0.15) is 24.2 Å². The molecule has 0 saturated heterocycles. The molecule has 0 amide bonds. The number of hydrogen-bond acceptors (Lipinski definition) is 2. The summed E-state index contributed by atoms with van der Waals surface area (Å²) in [6, 6.07) is 11.1. The molecule has 1 aliphatic heterocycles. The Morgan fingerprint density at radius 3 is 2.90 bits per heavy atom.